The molecule has 2 rings (SSSR count). The minimum Gasteiger partial charge on any atom is -0.481 e. The van der Waals surface area contributed by atoms with E-state index in [2.05, 4.69) is 0 Å². The standard InChI is InChI=1S/C17H24N2O6S/c1-19(10-2-3-15(20)21)13-4-6-14(7-5-13)26(23,24)17(16(18)22)8-11-25-12-9-17/h4-7H,2-3,8-12H2,1H3,(H2,18,22)(H,20,21). The maximum absolute atomic E-state index is 13.0. The zero-order valence-corrected chi connectivity index (χ0v) is 15.5. The summed E-state index contributed by atoms with van der Waals surface area (Å²) in [5.41, 5.74) is 6.21. The molecule has 0 spiro atoms. The summed E-state index contributed by atoms with van der Waals surface area (Å²) in [5, 5.41) is 8.68. The second-order valence-corrected chi connectivity index (χ2v) is 8.65. The smallest absolute Gasteiger partial charge is 0.303 e. The number of aliphatic carboxylic acids is 1. The first-order valence-electron chi connectivity index (χ1n) is 8.36. The average molecular weight is 384 g/mol. The van der Waals surface area contributed by atoms with Crippen LogP contribution in [0.15, 0.2) is 29.2 Å². The molecule has 8 nitrogen and oxygen atoms in total. The molecule has 1 fully saturated rings. The number of carboxylic acids is 1. The van der Waals surface area contributed by atoms with E-state index in [-0.39, 0.29) is 37.4 Å². The monoisotopic (exact) mass is 384 g/mol. The summed E-state index contributed by atoms with van der Waals surface area (Å²) in [5.74, 6) is -1.70. The van der Waals surface area contributed by atoms with Gasteiger partial charge in [-0.25, -0.2) is 8.42 Å². The van der Waals surface area contributed by atoms with E-state index < -0.39 is 26.5 Å². The molecule has 26 heavy (non-hydrogen) atoms. The Bertz CT molecular complexity index is 754. The molecule has 0 aliphatic carbocycles. The molecular weight excluding hydrogens is 360 g/mol. The van der Waals surface area contributed by atoms with Crippen molar-refractivity contribution in [2.24, 2.45) is 5.73 Å². The van der Waals surface area contributed by atoms with Crippen LogP contribution in [0.25, 0.3) is 0 Å². The third-order valence-corrected chi connectivity index (χ3v) is 7.27. The fourth-order valence-corrected chi connectivity index (χ4v) is 4.97. The molecule has 1 heterocycles. The molecular formula is C17H24N2O6S. The number of anilines is 1. The van der Waals surface area contributed by atoms with Crippen molar-refractivity contribution in [3.8, 4) is 0 Å². The summed E-state index contributed by atoms with van der Waals surface area (Å²) in [6.07, 6.45) is 0.639. The quantitative estimate of drug-likeness (QED) is 0.678. The van der Waals surface area contributed by atoms with Gasteiger partial charge in [-0.3, -0.25) is 9.59 Å². The predicted octanol–water partition coefficient (Wildman–Crippen LogP) is 0.796. The Hall–Kier alpha value is -2.13. The number of rotatable bonds is 8. The number of amides is 1. The molecule has 1 aliphatic heterocycles. The van der Waals surface area contributed by atoms with Crippen LogP contribution in [-0.4, -0.2) is 57.0 Å². The van der Waals surface area contributed by atoms with Gasteiger partial charge in [0.05, 0.1) is 4.90 Å². The number of carbonyl (C=O) groups is 2. The lowest BCUT2D eigenvalue weighted by Gasteiger charge is -2.33. The molecule has 1 amide bonds. The fraction of sp³-hybridized carbons (Fsp3) is 0.529. The second-order valence-electron chi connectivity index (χ2n) is 6.39. The van der Waals surface area contributed by atoms with Gasteiger partial charge in [0.25, 0.3) is 0 Å². The number of carboxylic acid groups (broad SMARTS) is 1. The molecule has 1 aliphatic rings. The number of hydrogen-bond donors (Lipinski definition) is 2. The van der Waals surface area contributed by atoms with Crippen molar-refractivity contribution in [3.05, 3.63) is 24.3 Å². The van der Waals surface area contributed by atoms with Crippen LogP contribution < -0.4 is 10.6 Å². The summed E-state index contributed by atoms with van der Waals surface area (Å²) in [6.45, 7) is 0.875. The zero-order chi connectivity index (χ0) is 19.4. The van der Waals surface area contributed by atoms with E-state index in [1.54, 1.807) is 19.2 Å². The minimum atomic E-state index is -3.94. The SMILES string of the molecule is CN(CCCC(=O)O)c1ccc(S(=O)(=O)C2(C(N)=O)CCOCC2)cc1. The van der Waals surface area contributed by atoms with E-state index >= 15 is 0 Å². The van der Waals surface area contributed by atoms with Crippen molar-refractivity contribution in [3.63, 3.8) is 0 Å². The normalized spacial score (nSPS) is 16.8. The van der Waals surface area contributed by atoms with Gasteiger partial charge in [-0.15, -0.1) is 0 Å². The molecule has 0 radical (unpaired) electrons. The van der Waals surface area contributed by atoms with Crippen LogP contribution in [0.2, 0.25) is 0 Å². The van der Waals surface area contributed by atoms with Gasteiger partial charge in [0.15, 0.2) is 14.6 Å². The van der Waals surface area contributed by atoms with Crippen molar-refractivity contribution < 1.29 is 27.9 Å². The Kier molecular flexibility index (Phi) is 6.25. The number of ether oxygens (including phenoxy) is 1. The summed E-state index contributed by atoms with van der Waals surface area (Å²) < 4.78 is 29.6. The Morgan fingerprint density at radius 1 is 1.23 bits per heavy atom. The van der Waals surface area contributed by atoms with Crippen molar-refractivity contribution in [2.45, 2.75) is 35.3 Å². The Labute approximate surface area is 152 Å². The zero-order valence-electron chi connectivity index (χ0n) is 14.7. The molecule has 1 aromatic rings. The third-order valence-electron chi connectivity index (χ3n) is 4.74. The lowest BCUT2D eigenvalue weighted by atomic mass is 9.98. The van der Waals surface area contributed by atoms with Gasteiger partial charge in [0, 0.05) is 38.9 Å². The van der Waals surface area contributed by atoms with Gasteiger partial charge in [-0.1, -0.05) is 0 Å². The van der Waals surface area contributed by atoms with E-state index in [9.17, 15) is 18.0 Å². The number of primary amides is 1. The molecule has 0 atom stereocenters. The van der Waals surface area contributed by atoms with Gasteiger partial charge in [-0.05, 0) is 43.5 Å². The number of sulfone groups is 1. The second kappa shape index (κ2) is 8.05. The largest absolute Gasteiger partial charge is 0.481 e. The molecule has 0 unspecified atom stereocenters. The summed E-state index contributed by atoms with van der Waals surface area (Å²) >= 11 is 0. The number of benzene rings is 1. The minimum absolute atomic E-state index is 0.0425. The Morgan fingerprint density at radius 3 is 2.31 bits per heavy atom. The van der Waals surface area contributed by atoms with E-state index in [1.807, 2.05) is 4.90 Å². The van der Waals surface area contributed by atoms with Gasteiger partial charge in [-0.2, -0.15) is 0 Å². The number of carbonyl (C=O) groups excluding carboxylic acids is 1. The molecule has 1 aromatic carbocycles. The Morgan fingerprint density at radius 2 is 1.81 bits per heavy atom. The highest BCUT2D eigenvalue weighted by atomic mass is 32.2. The predicted molar refractivity (Wildman–Crippen MR) is 95.7 cm³/mol. The van der Waals surface area contributed by atoms with Gasteiger partial charge >= 0.3 is 5.97 Å². The summed E-state index contributed by atoms with van der Waals surface area (Å²) in [4.78, 5) is 24.4. The Balaban J connectivity index is 2.20. The topological polar surface area (TPSA) is 127 Å². The fourth-order valence-electron chi connectivity index (χ4n) is 3.05. The van der Waals surface area contributed by atoms with Crippen LogP contribution in [0.4, 0.5) is 5.69 Å². The molecule has 1 saturated heterocycles. The maximum atomic E-state index is 13.0. The average Bonchev–Trinajstić information content (AvgIpc) is 2.61. The van der Waals surface area contributed by atoms with Crippen LogP contribution in [0, 0.1) is 0 Å². The van der Waals surface area contributed by atoms with Gasteiger partial charge in [0.1, 0.15) is 0 Å². The van der Waals surface area contributed by atoms with Crippen LogP contribution in [0.3, 0.4) is 0 Å². The number of nitrogens with two attached hydrogens (primary N) is 1. The molecule has 144 valence electrons. The highest BCUT2D eigenvalue weighted by molar-refractivity contribution is 7.93. The van der Waals surface area contributed by atoms with E-state index in [1.165, 1.54) is 12.1 Å². The molecule has 0 saturated carbocycles. The number of hydrogen-bond acceptors (Lipinski definition) is 6. The van der Waals surface area contributed by atoms with Crippen LogP contribution in [-0.2, 0) is 24.2 Å². The van der Waals surface area contributed by atoms with E-state index in [0.717, 1.165) is 5.69 Å². The van der Waals surface area contributed by atoms with Crippen LogP contribution in [0.5, 0.6) is 0 Å². The lowest BCUT2D eigenvalue weighted by molar-refractivity contribution is -0.137. The van der Waals surface area contributed by atoms with E-state index in [4.69, 9.17) is 15.6 Å². The highest BCUT2D eigenvalue weighted by Gasteiger charge is 2.51. The highest BCUT2D eigenvalue weighted by Crippen LogP contribution is 2.35. The molecule has 9 heteroatoms. The van der Waals surface area contributed by atoms with Gasteiger partial charge < -0.3 is 20.5 Å². The summed E-state index contributed by atoms with van der Waals surface area (Å²) in [6, 6.07) is 6.19. The first-order chi connectivity index (χ1) is 12.2. The molecule has 0 aromatic heterocycles. The van der Waals surface area contributed by atoms with Gasteiger partial charge in [0.2, 0.25) is 5.91 Å². The van der Waals surface area contributed by atoms with Crippen LogP contribution in [0.1, 0.15) is 25.7 Å². The number of nitrogens with zero attached hydrogens (tertiary/aromatic N) is 1. The third kappa shape index (κ3) is 3.99. The van der Waals surface area contributed by atoms with Crippen molar-refractivity contribution >= 4 is 27.4 Å². The van der Waals surface area contributed by atoms with Crippen molar-refractivity contribution in [1.29, 1.82) is 0 Å². The molecule has 0 bridgehead atoms. The summed E-state index contributed by atoms with van der Waals surface area (Å²) in [7, 11) is -2.14. The van der Waals surface area contributed by atoms with E-state index in [0.29, 0.717) is 13.0 Å². The van der Waals surface area contributed by atoms with Crippen molar-refractivity contribution in [1.82, 2.24) is 0 Å². The first kappa shape index (κ1) is 20.2. The first-order valence-corrected chi connectivity index (χ1v) is 9.84. The van der Waals surface area contributed by atoms with Crippen molar-refractivity contribution in [2.75, 3.05) is 31.7 Å². The van der Waals surface area contributed by atoms with Crippen LogP contribution >= 0.6 is 0 Å². The maximum Gasteiger partial charge on any atom is 0.303 e. The molecule has 3 N–H and O–H groups in total. The lowest BCUT2D eigenvalue weighted by Crippen LogP contribution is -2.53.